The summed E-state index contributed by atoms with van der Waals surface area (Å²) in [6.07, 6.45) is 7.29. The van der Waals surface area contributed by atoms with Crippen LogP contribution in [-0.4, -0.2) is 23.3 Å². The van der Waals surface area contributed by atoms with Crippen molar-refractivity contribution in [2.75, 3.05) is 0 Å². The first kappa shape index (κ1) is 15.4. The van der Waals surface area contributed by atoms with Crippen molar-refractivity contribution in [3.05, 3.63) is 0 Å². The molecule has 0 aliphatic carbocycles. The zero-order valence-electron chi connectivity index (χ0n) is 10.9. The molecule has 0 aromatic rings. The maximum atomic E-state index is 10.7. The van der Waals surface area contributed by atoms with Gasteiger partial charge in [-0.3, -0.25) is 0 Å². The predicted molar refractivity (Wildman–Crippen MR) is 65.6 cm³/mol. The second kappa shape index (κ2) is 9.64. The standard InChI is InChI=1S/C13H26O3/c1-4-6-7-8-10-12(9-5-2)16-11(3)13(14)15/h11-12H,4-10H2,1-3H3,(H,14,15). The van der Waals surface area contributed by atoms with Crippen molar-refractivity contribution in [1.82, 2.24) is 0 Å². The fraction of sp³-hybridized carbons (Fsp3) is 0.923. The highest BCUT2D eigenvalue weighted by Gasteiger charge is 2.17. The molecule has 0 aliphatic heterocycles. The van der Waals surface area contributed by atoms with Gasteiger partial charge in [0.2, 0.25) is 0 Å². The lowest BCUT2D eigenvalue weighted by molar-refractivity contribution is -0.153. The number of carboxylic acids is 1. The van der Waals surface area contributed by atoms with Crippen molar-refractivity contribution in [1.29, 1.82) is 0 Å². The lowest BCUT2D eigenvalue weighted by Gasteiger charge is -2.19. The SMILES string of the molecule is CCCCCCC(CCC)OC(C)C(=O)O. The van der Waals surface area contributed by atoms with E-state index in [1.54, 1.807) is 6.92 Å². The van der Waals surface area contributed by atoms with Gasteiger partial charge in [0.05, 0.1) is 6.10 Å². The van der Waals surface area contributed by atoms with E-state index in [0.717, 1.165) is 25.7 Å². The number of carboxylic acid groups (broad SMARTS) is 1. The fourth-order valence-corrected chi connectivity index (χ4v) is 1.75. The molecule has 0 heterocycles. The summed E-state index contributed by atoms with van der Waals surface area (Å²) in [6.45, 7) is 5.90. The van der Waals surface area contributed by atoms with Gasteiger partial charge in [-0.05, 0) is 19.8 Å². The number of hydrogen-bond donors (Lipinski definition) is 1. The minimum absolute atomic E-state index is 0.118. The van der Waals surface area contributed by atoms with Crippen molar-refractivity contribution >= 4 is 5.97 Å². The monoisotopic (exact) mass is 230 g/mol. The molecule has 0 saturated carbocycles. The number of aliphatic carboxylic acids is 1. The van der Waals surface area contributed by atoms with E-state index in [0.29, 0.717) is 0 Å². The summed E-state index contributed by atoms with van der Waals surface area (Å²) in [5, 5.41) is 8.78. The Balaban J connectivity index is 3.82. The summed E-state index contributed by atoms with van der Waals surface area (Å²) in [4.78, 5) is 10.7. The van der Waals surface area contributed by atoms with Gasteiger partial charge in [-0.25, -0.2) is 4.79 Å². The van der Waals surface area contributed by atoms with E-state index < -0.39 is 12.1 Å². The lowest BCUT2D eigenvalue weighted by atomic mass is 10.1. The highest BCUT2D eigenvalue weighted by molar-refractivity contribution is 5.71. The van der Waals surface area contributed by atoms with Gasteiger partial charge in [-0.15, -0.1) is 0 Å². The van der Waals surface area contributed by atoms with Crippen LogP contribution in [0.4, 0.5) is 0 Å². The van der Waals surface area contributed by atoms with Gasteiger partial charge in [0.25, 0.3) is 0 Å². The molecule has 0 aromatic heterocycles. The third kappa shape index (κ3) is 7.69. The van der Waals surface area contributed by atoms with Crippen molar-refractivity contribution in [3.8, 4) is 0 Å². The Morgan fingerprint density at radius 3 is 2.31 bits per heavy atom. The van der Waals surface area contributed by atoms with Crippen LogP contribution in [-0.2, 0) is 9.53 Å². The molecular formula is C13H26O3. The highest BCUT2D eigenvalue weighted by atomic mass is 16.5. The van der Waals surface area contributed by atoms with E-state index in [2.05, 4.69) is 13.8 Å². The van der Waals surface area contributed by atoms with E-state index in [4.69, 9.17) is 9.84 Å². The van der Waals surface area contributed by atoms with Gasteiger partial charge in [-0.2, -0.15) is 0 Å². The van der Waals surface area contributed by atoms with Gasteiger partial charge in [0.1, 0.15) is 0 Å². The van der Waals surface area contributed by atoms with Crippen molar-refractivity contribution in [2.45, 2.75) is 77.9 Å². The smallest absolute Gasteiger partial charge is 0.332 e. The third-order valence-corrected chi connectivity index (χ3v) is 2.73. The first-order valence-electron chi connectivity index (χ1n) is 6.50. The number of carbonyl (C=O) groups is 1. The molecule has 0 aliphatic rings. The maximum absolute atomic E-state index is 10.7. The van der Waals surface area contributed by atoms with Gasteiger partial charge in [-0.1, -0.05) is 46.0 Å². The average molecular weight is 230 g/mol. The van der Waals surface area contributed by atoms with Gasteiger partial charge < -0.3 is 9.84 Å². The van der Waals surface area contributed by atoms with E-state index >= 15 is 0 Å². The first-order valence-corrected chi connectivity index (χ1v) is 6.50. The second-order valence-electron chi connectivity index (χ2n) is 4.38. The predicted octanol–water partition coefficient (Wildman–Crippen LogP) is 3.62. The van der Waals surface area contributed by atoms with E-state index in [1.165, 1.54) is 19.3 Å². The highest BCUT2D eigenvalue weighted by Crippen LogP contribution is 2.14. The maximum Gasteiger partial charge on any atom is 0.332 e. The van der Waals surface area contributed by atoms with Crippen LogP contribution >= 0.6 is 0 Å². The molecule has 0 bridgehead atoms. The van der Waals surface area contributed by atoms with Crippen molar-refractivity contribution in [2.24, 2.45) is 0 Å². The topological polar surface area (TPSA) is 46.5 Å². The van der Waals surface area contributed by atoms with Crippen LogP contribution in [0, 0.1) is 0 Å². The van der Waals surface area contributed by atoms with E-state index in [9.17, 15) is 4.79 Å². The molecule has 1 N–H and O–H groups in total. The molecule has 3 nitrogen and oxygen atoms in total. The molecule has 0 radical (unpaired) electrons. The molecule has 0 saturated heterocycles. The Hall–Kier alpha value is -0.570. The van der Waals surface area contributed by atoms with Crippen molar-refractivity contribution < 1.29 is 14.6 Å². The van der Waals surface area contributed by atoms with Crippen LogP contribution in [0.25, 0.3) is 0 Å². The van der Waals surface area contributed by atoms with Gasteiger partial charge in [0.15, 0.2) is 6.10 Å². The molecule has 16 heavy (non-hydrogen) atoms. The Kier molecular flexibility index (Phi) is 9.30. The quantitative estimate of drug-likeness (QED) is 0.583. The number of ether oxygens (including phenoxy) is 1. The van der Waals surface area contributed by atoms with Crippen LogP contribution in [0.3, 0.4) is 0 Å². The second-order valence-corrected chi connectivity index (χ2v) is 4.38. The minimum atomic E-state index is -0.866. The lowest BCUT2D eigenvalue weighted by Crippen LogP contribution is -2.26. The molecule has 3 heteroatoms. The van der Waals surface area contributed by atoms with Gasteiger partial charge >= 0.3 is 5.97 Å². The molecule has 0 rings (SSSR count). The summed E-state index contributed by atoms with van der Waals surface area (Å²) in [5.74, 6) is -0.866. The van der Waals surface area contributed by atoms with Crippen LogP contribution in [0.1, 0.15) is 65.7 Å². The Morgan fingerprint density at radius 1 is 1.12 bits per heavy atom. The van der Waals surface area contributed by atoms with Crippen LogP contribution < -0.4 is 0 Å². The Bertz CT molecular complexity index is 180. The minimum Gasteiger partial charge on any atom is -0.479 e. The first-order chi connectivity index (χ1) is 7.61. The summed E-state index contributed by atoms with van der Waals surface area (Å²) < 4.78 is 5.53. The summed E-state index contributed by atoms with van der Waals surface area (Å²) >= 11 is 0. The zero-order valence-corrected chi connectivity index (χ0v) is 10.9. The average Bonchev–Trinajstić information content (AvgIpc) is 2.24. The van der Waals surface area contributed by atoms with Crippen LogP contribution in [0.5, 0.6) is 0 Å². The molecule has 0 aromatic carbocycles. The van der Waals surface area contributed by atoms with Crippen LogP contribution in [0.15, 0.2) is 0 Å². The summed E-state index contributed by atoms with van der Waals surface area (Å²) in [5.41, 5.74) is 0. The zero-order chi connectivity index (χ0) is 12.4. The molecule has 2 atom stereocenters. The number of hydrogen-bond acceptors (Lipinski definition) is 2. The summed E-state index contributed by atoms with van der Waals surface area (Å²) in [7, 11) is 0. The van der Waals surface area contributed by atoms with E-state index in [-0.39, 0.29) is 6.10 Å². The normalized spacial score (nSPS) is 14.7. The fourth-order valence-electron chi connectivity index (χ4n) is 1.75. The van der Waals surface area contributed by atoms with E-state index in [1.807, 2.05) is 0 Å². The largest absolute Gasteiger partial charge is 0.479 e. The Morgan fingerprint density at radius 2 is 1.81 bits per heavy atom. The molecule has 0 amide bonds. The molecule has 0 fully saturated rings. The Labute approximate surface area is 99.2 Å². The summed E-state index contributed by atoms with van der Waals surface area (Å²) in [6, 6.07) is 0. The molecule has 2 unspecified atom stereocenters. The van der Waals surface area contributed by atoms with Crippen LogP contribution in [0.2, 0.25) is 0 Å². The molecule has 96 valence electrons. The van der Waals surface area contributed by atoms with Gasteiger partial charge in [0, 0.05) is 0 Å². The number of unbranched alkanes of at least 4 members (excludes halogenated alkanes) is 3. The molecular weight excluding hydrogens is 204 g/mol. The third-order valence-electron chi connectivity index (χ3n) is 2.73. The van der Waals surface area contributed by atoms with Crippen molar-refractivity contribution in [3.63, 3.8) is 0 Å². The number of rotatable bonds is 10. The molecule has 0 spiro atoms.